The van der Waals surface area contributed by atoms with Crippen molar-refractivity contribution in [2.75, 3.05) is 18.1 Å². The van der Waals surface area contributed by atoms with Crippen molar-refractivity contribution in [2.24, 2.45) is 0 Å². The molecule has 0 unspecified atom stereocenters. The van der Waals surface area contributed by atoms with E-state index in [1.807, 2.05) is 55.5 Å². The summed E-state index contributed by atoms with van der Waals surface area (Å²) in [6, 6.07) is 39.3. The van der Waals surface area contributed by atoms with Crippen molar-refractivity contribution in [1.29, 1.82) is 0 Å². The predicted octanol–water partition coefficient (Wildman–Crippen LogP) is 8.58. The SMILES string of the molecule is CCOC(=O)CCCOc1ccc2c(-c3nc4ccc(N(Cc5ccccc5)Cc5ccccc5)cc4o3)cccc2c1. The van der Waals surface area contributed by atoms with Crippen LogP contribution in [0.4, 0.5) is 5.69 Å². The number of oxazole rings is 1. The molecular formula is C37H34N2O4. The first-order chi connectivity index (χ1) is 21.2. The molecule has 0 aliphatic heterocycles. The molecule has 5 aromatic carbocycles. The van der Waals surface area contributed by atoms with E-state index in [0.717, 1.165) is 52.0 Å². The van der Waals surface area contributed by atoms with Gasteiger partial charge in [0.25, 0.3) is 0 Å². The summed E-state index contributed by atoms with van der Waals surface area (Å²) in [5.41, 5.74) is 6.05. The van der Waals surface area contributed by atoms with Crippen LogP contribution in [0.15, 0.2) is 120 Å². The average molecular weight is 571 g/mol. The van der Waals surface area contributed by atoms with E-state index in [2.05, 4.69) is 71.6 Å². The molecule has 1 heterocycles. The minimum absolute atomic E-state index is 0.195. The van der Waals surface area contributed by atoms with Crippen LogP contribution in [0.5, 0.6) is 5.75 Å². The summed E-state index contributed by atoms with van der Waals surface area (Å²) in [6.45, 7) is 4.21. The Morgan fingerprint density at radius 2 is 1.56 bits per heavy atom. The van der Waals surface area contributed by atoms with Gasteiger partial charge in [-0.05, 0) is 71.6 Å². The number of carbonyl (C=O) groups excluding carboxylic acids is 1. The first kappa shape index (κ1) is 28.0. The van der Waals surface area contributed by atoms with Crippen LogP contribution in [0.1, 0.15) is 30.9 Å². The number of hydrogen-bond donors (Lipinski definition) is 0. The Balaban J connectivity index is 1.24. The van der Waals surface area contributed by atoms with Crippen LogP contribution in [-0.4, -0.2) is 24.2 Å². The molecule has 0 aliphatic carbocycles. The van der Waals surface area contributed by atoms with Gasteiger partial charge in [0, 0.05) is 36.8 Å². The van der Waals surface area contributed by atoms with Gasteiger partial charge in [-0.1, -0.05) is 72.8 Å². The number of ether oxygens (including phenoxy) is 2. The summed E-state index contributed by atoms with van der Waals surface area (Å²) in [5.74, 6) is 1.14. The third-order valence-electron chi connectivity index (χ3n) is 7.35. The Morgan fingerprint density at radius 3 is 2.28 bits per heavy atom. The Morgan fingerprint density at radius 1 is 0.814 bits per heavy atom. The normalized spacial score (nSPS) is 11.1. The number of benzene rings is 5. The molecule has 6 nitrogen and oxygen atoms in total. The van der Waals surface area contributed by atoms with E-state index < -0.39 is 0 Å². The van der Waals surface area contributed by atoms with E-state index in [4.69, 9.17) is 18.9 Å². The number of hydrogen-bond acceptors (Lipinski definition) is 6. The van der Waals surface area contributed by atoms with Crippen LogP contribution in [0.3, 0.4) is 0 Å². The van der Waals surface area contributed by atoms with E-state index in [1.165, 1.54) is 11.1 Å². The van der Waals surface area contributed by atoms with Crippen molar-refractivity contribution in [3.8, 4) is 17.2 Å². The van der Waals surface area contributed by atoms with Crippen LogP contribution in [0.25, 0.3) is 33.3 Å². The molecule has 6 aromatic rings. The second-order valence-corrected chi connectivity index (χ2v) is 10.4. The van der Waals surface area contributed by atoms with E-state index >= 15 is 0 Å². The van der Waals surface area contributed by atoms with Crippen LogP contribution in [-0.2, 0) is 22.6 Å². The predicted molar refractivity (Wildman–Crippen MR) is 171 cm³/mol. The molecule has 0 spiro atoms. The zero-order chi connectivity index (χ0) is 29.4. The Bertz CT molecular complexity index is 1770. The van der Waals surface area contributed by atoms with Gasteiger partial charge in [0.15, 0.2) is 5.58 Å². The van der Waals surface area contributed by atoms with Gasteiger partial charge in [-0.2, -0.15) is 0 Å². The van der Waals surface area contributed by atoms with Crippen molar-refractivity contribution in [2.45, 2.75) is 32.9 Å². The van der Waals surface area contributed by atoms with Crippen LogP contribution in [0, 0.1) is 0 Å². The number of carbonyl (C=O) groups is 1. The molecule has 6 heteroatoms. The standard InChI is InChI=1S/C37H34N2O4/c1-2-41-36(40)17-10-22-42-31-19-20-32-29(23-31)15-9-16-33(32)37-38-34-21-18-30(24-35(34)43-37)39(25-27-11-5-3-6-12-27)26-28-13-7-4-8-14-28/h3-9,11-16,18-21,23-24H,2,10,17,22,25-26H2,1H3. The largest absolute Gasteiger partial charge is 0.494 e. The van der Waals surface area contributed by atoms with E-state index in [9.17, 15) is 4.79 Å². The second-order valence-electron chi connectivity index (χ2n) is 10.4. The first-order valence-corrected chi connectivity index (χ1v) is 14.7. The fourth-order valence-corrected chi connectivity index (χ4v) is 5.25. The topological polar surface area (TPSA) is 64.8 Å². The zero-order valence-electron chi connectivity index (χ0n) is 24.2. The van der Waals surface area contributed by atoms with Crippen LogP contribution < -0.4 is 9.64 Å². The van der Waals surface area contributed by atoms with Crippen molar-refractivity contribution in [3.63, 3.8) is 0 Å². The highest BCUT2D eigenvalue weighted by Gasteiger charge is 2.15. The number of rotatable bonds is 12. The minimum Gasteiger partial charge on any atom is -0.494 e. The molecule has 0 atom stereocenters. The molecule has 0 amide bonds. The smallest absolute Gasteiger partial charge is 0.305 e. The highest BCUT2D eigenvalue weighted by atomic mass is 16.5. The Hall–Kier alpha value is -5.10. The lowest BCUT2D eigenvalue weighted by Crippen LogP contribution is -2.22. The van der Waals surface area contributed by atoms with Crippen LogP contribution >= 0.6 is 0 Å². The van der Waals surface area contributed by atoms with Gasteiger partial charge in [-0.15, -0.1) is 0 Å². The lowest BCUT2D eigenvalue weighted by Gasteiger charge is -2.25. The summed E-state index contributed by atoms with van der Waals surface area (Å²) in [5, 5.41) is 2.06. The number of fused-ring (bicyclic) bond motifs is 2. The number of aromatic nitrogens is 1. The number of esters is 1. The minimum atomic E-state index is -0.195. The fraction of sp³-hybridized carbons (Fsp3) is 0.189. The molecule has 0 aliphatic rings. The van der Waals surface area contributed by atoms with Gasteiger partial charge in [0.05, 0.1) is 13.2 Å². The van der Waals surface area contributed by atoms with E-state index in [1.54, 1.807) is 0 Å². The highest BCUT2D eigenvalue weighted by Crippen LogP contribution is 2.34. The molecule has 0 fully saturated rings. The van der Waals surface area contributed by atoms with Crippen molar-refractivity contribution in [1.82, 2.24) is 4.98 Å². The molecule has 6 rings (SSSR count). The average Bonchev–Trinajstić information content (AvgIpc) is 3.47. The quantitative estimate of drug-likeness (QED) is 0.108. The first-order valence-electron chi connectivity index (χ1n) is 14.7. The summed E-state index contributed by atoms with van der Waals surface area (Å²) < 4.78 is 17.3. The molecule has 0 saturated heterocycles. The molecule has 1 aromatic heterocycles. The molecule has 0 N–H and O–H groups in total. The van der Waals surface area contributed by atoms with E-state index in [0.29, 0.717) is 31.9 Å². The number of anilines is 1. The molecular weight excluding hydrogens is 536 g/mol. The maximum atomic E-state index is 11.6. The third-order valence-corrected chi connectivity index (χ3v) is 7.35. The molecule has 0 radical (unpaired) electrons. The van der Waals surface area contributed by atoms with Gasteiger partial charge in [-0.25, -0.2) is 4.98 Å². The van der Waals surface area contributed by atoms with Gasteiger partial charge < -0.3 is 18.8 Å². The van der Waals surface area contributed by atoms with Gasteiger partial charge in [0.1, 0.15) is 11.3 Å². The van der Waals surface area contributed by atoms with E-state index in [-0.39, 0.29) is 5.97 Å². The number of nitrogens with zero attached hydrogens (tertiary/aromatic N) is 2. The molecule has 0 saturated carbocycles. The maximum absolute atomic E-state index is 11.6. The summed E-state index contributed by atoms with van der Waals surface area (Å²) in [4.78, 5) is 18.8. The van der Waals surface area contributed by atoms with Gasteiger partial charge in [0.2, 0.25) is 5.89 Å². The zero-order valence-corrected chi connectivity index (χ0v) is 24.2. The monoisotopic (exact) mass is 570 g/mol. The lowest BCUT2D eigenvalue weighted by molar-refractivity contribution is -0.143. The van der Waals surface area contributed by atoms with Crippen molar-refractivity contribution < 1.29 is 18.7 Å². The summed E-state index contributed by atoms with van der Waals surface area (Å²) in [6.07, 6.45) is 0.956. The third kappa shape index (κ3) is 6.87. The molecule has 216 valence electrons. The van der Waals surface area contributed by atoms with Gasteiger partial charge >= 0.3 is 5.97 Å². The van der Waals surface area contributed by atoms with Crippen LogP contribution in [0.2, 0.25) is 0 Å². The second kappa shape index (κ2) is 13.3. The highest BCUT2D eigenvalue weighted by molar-refractivity contribution is 5.96. The van der Waals surface area contributed by atoms with Crippen molar-refractivity contribution in [3.05, 3.63) is 126 Å². The Kier molecular flexibility index (Phi) is 8.64. The van der Waals surface area contributed by atoms with Crippen molar-refractivity contribution >= 4 is 33.5 Å². The summed E-state index contributed by atoms with van der Waals surface area (Å²) in [7, 11) is 0. The fourth-order valence-electron chi connectivity index (χ4n) is 5.25. The maximum Gasteiger partial charge on any atom is 0.305 e. The Labute approximate surface area is 251 Å². The van der Waals surface area contributed by atoms with Gasteiger partial charge in [-0.3, -0.25) is 4.79 Å². The molecule has 0 bridgehead atoms. The summed E-state index contributed by atoms with van der Waals surface area (Å²) >= 11 is 0. The molecule has 43 heavy (non-hydrogen) atoms. The lowest BCUT2D eigenvalue weighted by atomic mass is 10.0.